The summed E-state index contributed by atoms with van der Waals surface area (Å²) in [7, 11) is 3.97. The lowest BCUT2D eigenvalue weighted by Gasteiger charge is -2.53. The molecule has 3 aliphatic rings. The van der Waals surface area contributed by atoms with E-state index in [1.54, 1.807) is 0 Å². The molecule has 2 atom stereocenters. The van der Waals surface area contributed by atoms with Crippen molar-refractivity contribution in [2.45, 2.75) is 18.5 Å². The van der Waals surface area contributed by atoms with E-state index >= 15 is 0 Å². The summed E-state index contributed by atoms with van der Waals surface area (Å²) in [5.74, 6) is 0.320. The van der Waals surface area contributed by atoms with E-state index in [0.717, 1.165) is 26.1 Å². The minimum absolute atomic E-state index is 0.190. The number of likely N-dealkylation sites (N-methyl/N-ethyl adjacent to an activating group) is 2. The predicted octanol–water partition coefficient (Wildman–Crippen LogP) is -0.879. The third-order valence-corrected chi connectivity index (χ3v) is 3.22. The molecule has 1 amide bonds. The monoisotopic (exact) mass is 183 g/mol. The number of piperidine rings is 1. The molecule has 1 N–H and O–H groups in total. The zero-order chi connectivity index (χ0) is 9.42. The van der Waals surface area contributed by atoms with E-state index in [9.17, 15) is 4.79 Å². The van der Waals surface area contributed by atoms with Crippen molar-refractivity contribution in [3.05, 3.63) is 0 Å². The van der Waals surface area contributed by atoms with Gasteiger partial charge in [0.2, 0.25) is 5.91 Å². The van der Waals surface area contributed by atoms with Crippen LogP contribution < -0.4 is 5.32 Å². The van der Waals surface area contributed by atoms with Crippen LogP contribution in [0.25, 0.3) is 0 Å². The first-order valence-electron chi connectivity index (χ1n) is 4.89. The molecule has 0 saturated carbocycles. The second-order valence-corrected chi connectivity index (χ2v) is 3.96. The first-order chi connectivity index (χ1) is 6.24. The fourth-order valence-electron chi connectivity index (χ4n) is 2.19. The Morgan fingerprint density at radius 3 is 2.92 bits per heavy atom. The maximum atomic E-state index is 11.7. The maximum absolute atomic E-state index is 11.7. The summed E-state index contributed by atoms with van der Waals surface area (Å²) in [6.07, 6.45) is 1.07. The van der Waals surface area contributed by atoms with E-state index in [0.29, 0.717) is 11.9 Å². The Morgan fingerprint density at radius 1 is 1.62 bits per heavy atom. The number of piperazine rings is 1. The molecule has 3 heterocycles. The smallest absolute Gasteiger partial charge is 0.240 e. The lowest BCUT2D eigenvalue weighted by Crippen LogP contribution is -2.70. The molecule has 2 bridgehead atoms. The first-order valence-corrected chi connectivity index (χ1v) is 4.89. The Balaban J connectivity index is 1.91. The van der Waals surface area contributed by atoms with Gasteiger partial charge in [-0.1, -0.05) is 0 Å². The van der Waals surface area contributed by atoms with Gasteiger partial charge in [0.25, 0.3) is 0 Å². The van der Waals surface area contributed by atoms with Crippen LogP contribution in [0.4, 0.5) is 0 Å². The molecule has 3 rings (SSSR count). The summed E-state index contributed by atoms with van der Waals surface area (Å²) in [6, 6.07) is 0.815. The molecule has 0 aromatic heterocycles. The maximum Gasteiger partial charge on any atom is 0.240 e. The quantitative estimate of drug-likeness (QED) is 0.617. The summed E-state index contributed by atoms with van der Waals surface area (Å²) < 4.78 is 0. The minimum Gasteiger partial charge on any atom is -0.338 e. The van der Waals surface area contributed by atoms with Gasteiger partial charge in [-0.3, -0.25) is 9.69 Å². The molecule has 0 aliphatic carbocycles. The molecule has 3 aliphatic heterocycles. The minimum atomic E-state index is 0.190. The van der Waals surface area contributed by atoms with Crippen LogP contribution in [0.2, 0.25) is 0 Å². The SMILES string of the molecule is CNCCN1CC2CC(C1=O)N2C. The lowest BCUT2D eigenvalue weighted by molar-refractivity contribution is -0.156. The van der Waals surface area contributed by atoms with E-state index in [2.05, 4.69) is 10.2 Å². The molecule has 0 aromatic carbocycles. The van der Waals surface area contributed by atoms with Crippen molar-refractivity contribution in [2.75, 3.05) is 33.7 Å². The van der Waals surface area contributed by atoms with E-state index in [-0.39, 0.29) is 6.04 Å². The van der Waals surface area contributed by atoms with Crippen molar-refractivity contribution in [1.82, 2.24) is 15.1 Å². The molecule has 74 valence electrons. The molecule has 0 spiro atoms. The fourth-order valence-corrected chi connectivity index (χ4v) is 2.19. The number of amides is 1. The van der Waals surface area contributed by atoms with Gasteiger partial charge in [0.05, 0.1) is 6.04 Å². The van der Waals surface area contributed by atoms with Crippen LogP contribution in [0.3, 0.4) is 0 Å². The molecular formula is C9H17N3O. The Kier molecular flexibility index (Phi) is 2.26. The van der Waals surface area contributed by atoms with Crippen LogP contribution in [-0.2, 0) is 4.79 Å². The van der Waals surface area contributed by atoms with Crippen LogP contribution in [0.15, 0.2) is 0 Å². The van der Waals surface area contributed by atoms with Gasteiger partial charge in [0, 0.05) is 25.7 Å². The van der Waals surface area contributed by atoms with Crippen molar-refractivity contribution in [3.63, 3.8) is 0 Å². The lowest BCUT2D eigenvalue weighted by atomic mass is 9.88. The predicted molar refractivity (Wildman–Crippen MR) is 50.5 cm³/mol. The van der Waals surface area contributed by atoms with E-state index in [1.807, 2.05) is 19.0 Å². The highest BCUT2D eigenvalue weighted by atomic mass is 16.2. The van der Waals surface area contributed by atoms with Gasteiger partial charge in [-0.2, -0.15) is 0 Å². The van der Waals surface area contributed by atoms with Crippen molar-refractivity contribution in [3.8, 4) is 0 Å². The summed E-state index contributed by atoms with van der Waals surface area (Å²) in [6.45, 7) is 2.68. The van der Waals surface area contributed by atoms with Crippen LogP contribution in [0, 0.1) is 0 Å². The Labute approximate surface area is 78.9 Å². The van der Waals surface area contributed by atoms with E-state index in [4.69, 9.17) is 0 Å². The molecule has 3 saturated heterocycles. The van der Waals surface area contributed by atoms with Crippen molar-refractivity contribution < 1.29 is 4.79 Å². The molecule has 3 fully saturated rings. The van der Waals surface area contributed by atoms with Gasteiger partial charge in [-0.15, -0.1) is 0 Å². The number of carbonyl (C=O) groups excluding carboxylic acids is 1. The van der Waals surface area contributed by atoms with Gasteiger partial charge < -0.3 is 10.2 Å². The van der Waals surface area contributed by atoms with Crippen molar-refractivity contribution in [1.29, 1.82) is 0 Å². The molecule has 0 aromatic rings. The number of hydrogen-bond acceptors (Lipinski definition) is 3. The molecular weight excluding hydrogens is 166 g/mol. The molecule has 2 unspecified atom stereocenters. The molecule has 0 radical (unpaired) electrons. The zero-order valence-electron chi connectivity index (χ0n) is 8.29. The second kappa shape index (κ2) is 3.27. The highest BCUT2D eigenvalue weighted by Crippen LogP contribution is 2.30. The van der Waals surface area contributed by atoms with Crippen LogP contribution >= 0.6 is 0 Å². The average molecular weight is 183 g/mol. The van der Waals surface area contributed by atoms with Gasteiger partial charge in [-0.05, 0) is 20.5 Å². The third-order valence-electron chi connectivity index (χ3n) is 3.22. The number of nitrogens with one attached hydrogen (secondary N) is 1. The van der Waals surface area contributed by atoms with Crippen LogP contribution in [-0.4, -0.2) is 61.5 Å². The highest BCUT2D eigenvalue weighted by molar-refractivity contribution is 5.84. The zero-order valence-corrected chi connectivity index (χ0v) is 8.29. The normalized spacial score (nSPS) is 33.4. The summed E-state index contributed by atoms with van der Waals surface area (Å²) in [5.41, 5.74) is 0. The van der Waals surface area contributed by atoms with Gasteiger partial charge in [0.1, 0.15) is 0 Å². The topological polar surface area (TPSA) is 35.6 Å². The average Bonchev–Trinajstić information content (AvgIpc) is 2.14. The standard InChI is InChI=1S/C9H17N3O/c1-10-3-4-12-6-7-5-8(9(12)13)11(7)2/h7-8,10H,3-6H2,1-2H3. The highest BCUT2D eigenvalue weighted by Gasteiger charge is 2.47. The largest absolute Gasteiger partial charge is 0.338 e. The summed E-state index contributed by atoms with van der Waals surface area (Å²) in [4.78, 5) is 15.9. The first kappa shape index (κ1) is 8.97. The third kappa shape index (κ3) is 1.34. The summed E-state index contributed by atoms with van der Waals surface area (Å²) in [5, 5.41) is 3.07. The van der Waals surface area contributed by atoms with Crippen molar-refractivity contribution in [2.24, 2.45) is 0 Å². The Bertz CT molecular complexity index is 219. The Morgan fingerprint density at radius 2 is 2.38 bits per heavy atom. The number of rotatable bonds is 3. The second-order valence-electron chi connectivity index (χ2n) is 3.96. The fraction of sp³-hybridized carbons (Fsp3) is 0.889. The Hall–Kier alpha value is -0.610. The van der Waals surface area contributed by atoms with Crippen LogP contribution in [0.5, 0.6) is 0 Å². The van der Waals surface area contributed by atoms with E-state index in [1.165, 1.54) is 0 Å². The number of carbonyl (C=O) groups is 1. The molecule has 13 heavy (non-hydrogen) atoms. The number of hydrogen-bond donors (Lipinski definition) is 1. The van der Waals surface area contributed by atoms with Gasteiger partial charge in [0.15, 0.2) is 0 Å². The number of fused-ring (bicyclic) bond motifs is 2. The van der Waals surface area contributed by atoms with Crippen LogP contribution in [0.1, 0.15) is 6.42 Å². The van der Waals surface area contributed by atoms with Crippen molar-refractivity contribution >= 4 is 5.91 Å². The molecule has 4 heteroatoms. The van der Waals surface area contributed by atoms with E-state index < -0.39 is 0 Å². The molecule has 4 nitrogen and oxygen atoms in total. The summed E-state index contributed by atoms with van der Waals surface area (Å²) >= 11 is 0. The van der Waals surface area contributed by atoms with Gasteiger partial charge >= 0.3 is 0 Å². The van der Waals surface area contributed by atoms with Gasteiger partial charge in [-0.25, -0.2) is 0 Å². The number of nitrogens with zero attached hydrogens (tertiary/aromatic N) is 2.